The van der Waals surface area contributed by atoms with E-state index in [4.69, 9.17) is 4.52 Å². The number of carbonyl (C=O) groups is 2. The fourth-order valence-corrected chi connectivity index (χ4v) is 9.94. The predicted octanol–water partition coefficient (Wildman–Crippen LogP) is 6.41. The Kier molecular flexibility index (Phi) is 10.7. The van der Waals surface area contributed by atoms with Crippen molar-refractivity contribution in [3.8, 4) is 0 Å². The van der Waals surface area contributed by atoms with Crippen LogP contribution in [-0.4, -0.2) is 58.1 Å². The van der Waals surface area contributed by atoms with Gasteiger partial charge >= 0.3 is 0 Å². The molecular formula is C28H37NO4PS2+. The molecule has 2 aromatic rings. The van der Waals surface area contributed by atoms with Gasteiger partial charge in [-0.1, -0.05) is 70.1 Å². The summed E-state index contributed by atoms with van der Waals surface area (Å²) in [6.07, 6.45) is 8.12. The highest BCUT2D eigenvalue weighted by Gasteiger charge is 2.43. The normalized spacial score (nSPS) is 19.2. The molecule has 4 rings (SSSR count). The van der Waals surface area contributed by atoms with Crippen molar-refractivity contribution in [1.29, 1.82) is 0 Å². The molecule has 0 bridgehead atoms. The van der Waals surface area contributed by atoms with Crippen molar-refractivity contribution in [2.45, 2.75) is 56.6 Å². The predicted molar refractivity (Wildman–Crippen MR) is 153 cm³/mol. The van der Waals surface area contributed by atoms with E-state index in [1.807, 2.05) is 58.0 Å². The van der Waals surface area contributed by atoms with Gasteiger partial charge in [-0.25, -0.2) is 9.42 Å². The third-order valence-corrected chi connectivity index (χ3v) is 12.3. The third-order valence-electron chi connectivity index (χ3n) is 6.83. The maximum atomic E-state index is 13.2. The maximum absolute atomic E-state index is 13.2. The summed E-state index contributed by atoms with van der Waals surface area (Å²) >= 11 is 0. The van der Waals surface area contributed by atoms with Gasteiger partial charge in [-0.3, -0.25) is 14.5 Å². The molecule has 1 N–H and O–H groups in total. The van der Waals surface area contributed by atoms with Gasteiger partial charge in [0.1, 0.15) is 6.16 Å². The first-order chi connectivity index (χ1) is 17.5. The zero-order chi connectivity index (χ0) is 25.2. The monoisotopic (exact) mass is 546 g/mol. The first-order valence-corrected chi connectivity index (χ1v) is 17.4. The molecule has 1 fully saturated rings. The van der Waals surface area contributed by atoms with Crippen molar-refractivity contribution in [2.24, 2.45) is 0 Å². The lowest BCUT2D eigenvalue weighted by Crippen LogP contribution is -2.44. The number of benzene rings is 2. The zero-order valence-corrected chi connectivity index (χ0v) is 23.4. The number of amides is 2. The van der Waals surface area contributed by atoms with Gasteiger partial charge in [-0.15, -0.1) is 0 Å². The van der Waals surface area contributed by atoms with Crippen LogP contribution < -0.4 is 0 Å². The molecule has 2 aromatic carbocycles. The molecule has 5 nitrogen and oxygen atoms in total. The first-order valence-electron chi connectivity index (χ1n) is 13.0. The summed E-state index contributed by atoms with van der Waals surface area (Å²) in [6, 6.07) is 17.8. The van der Waals surface area contributed by atoms with E-state index < -0.39 is 7.72 Å². The highest BCUT2D eigenvalue weighted by Crippen LogP contribution is 2.56. The summed E-state index contributed by atoms with van der Waals surface area (Å²) in [5, 5.41) is 0.733. The van der Waals surface area contributed by atoms with Crippen LogP contribution in [0.2, 0.25) is 0 Å². The van der Waals surface area contributed by atoms with Crippen LogP contribution in [-0.2, 0) is 22.2 Å². The summed E-state index contributed by atoms with van der Waals surface area (Å²) in [5.74, 6) is 0.666. The van der Waals surface area contributed by atoms with Gasteiger partial charge in [-0.2, -0.15) is 0 Å². The number of carbonyl (C=O) groups excluding carboxylic acids is 2. The number of rotatable bonds is 13. The van der Waals surface area contributed by atoms with Crippen LogP contribution in [0.15, 0.2) is 54.6 Å². The van der Waals surface area contributed by atoms with E-state index in [9.17, 15) is 14.5 Å². The molecule has 0 aromatic heterocycles. The van der Waals surface area contributed by atoms with Gasteiger partial charge in [0.25, 0.3) is 19.5 Å². The molecule has 2 aliphatic heterocycles. The number of nitrogens with zero attached hydrogens (tertiary/aromatic N) is 1. The van der Waals surface area contributed by atoms with Crippen LogP contribution in [0.25, 0.3) is 0 Å². The van der Waals surface area contributed by atoms with Crippen molar-refractivity contribution in [2.75, 3.05) is 31.2 Å². The average molecular weight is 547 g/mol. The standard InChI is InChI=1S/C28H37NO4PS2/c30-27(29-18-16-24-13-4-5-15-26(24)28(29)31)22-34(32,20-9-7-12-23-10-2-1-3-11-23)33-19-8-6-14-25-17-21-35-36-25/h1-5,10-11,13,15,25,32H,6-9,12,14,16-22H2/q+1. The van der Waals surface area contributed by atoms with Crippen molar-refractivity contribution in [1.82, 2.24) is 4.90 Å². The summed E-state index contributed by atoms with van der Waals surface area (Å²) in [7, 11) is 1.00. The minimum absolute atomic E-state index is 0.0820. The highest BCUT2D eigenvalue weighted by molar-refractivity contribution is 8.77. The Hall–Kier alpha value is -1.37. The van der Waals surface area contributed by atoms with Crippen LogP contribution >= 0.6 is 29.3 Å². The van der Waals surface area contributed by atoms with E-state index >= 15 is 0 Å². The topological polar surface area (TPSA) is 66.8 Å². The number of hydrogen-bond acceptors (Lipinski definition) is 6. The Bertz CT molecular complexity index is 1000. The van der Waals surface area contributed by atoms with Crippen LogP contribution in [0.4, 0.5) is 0 Å². The van der Waals surface area contributed by atoms with Gasteiger partial charge in [0.2, 0.25) is 0 Å². The molecule has 36 heavy (non-hydrogen) atoms. The highest BCUT2D eigenvalue weighted by atomic mass is 33.1. The van der Waals surface area contributed by atoms with Crippen LogP contribution in [0.5, 0.6) is 0 Å². The van der Waals surface area contributed by atoms with Gasteiger partial charge < -0.3 is 0 Å². The number of unbranched alkanes of at least 4 members (excludes halogenated alkanes) is 2. The fraction of sp³-hybridized carbons (Fsp3) is 0.500. The van der Waals surface area contributed by atoms with Crippen LogP contribution in [0, 0.1) is 0 Å². The molecule has 2 unspecified atom stereocenters. The second-order valence-electron chi connectivity index (χ2n) is 9.59. The smallest absolute Gasteiger partial charge is 0.275 e. The maximum Gasteiger partial charge on any atom is 0.280 e. The molecule has 0 radical (unpaired) electrons. The Balaban J connectivity index is 1.31. The summed E-state index contributed by atoms with van der Waals surface area (Å²) in [6.45, 7) is 0.831. The summed E-state index contributed by atoms with van der Waals surface area (Å²) in [4.78, 5) is 39.1. The van der Waals surface area contributed by atoms with E-state index in [1.165, 1.54) is 29.1 Å². The number of fused-ring (bicyclic) bond motifs is 1. The van der Waals surface area contributed by atoms with E-state index in [0.717, 1.165) is 42.9 Å². The van der Waals surface area contributed by atoms with Crippen LogP contribution in [0.1, 0.15) is 60.0 Å². The Labute approximate surface area is 223 Å². The molecule has 0 spiro atoms. The minimum atomic E-state index is -2.94. The quantitative estimate of drug-likeness (QED) is 0.178. The average Bonchev–Trinajstić information content (AvgIpc) is 3.41. The zero-order valence-electron chi connectivity index (χ0n) is 20.8. The summed E-state index contributed by atoms with van der Waals surface area (Å²) < 4.78 is 6.11. The Morgan fingerprint density at radius 1 is 1.06 bits per heavy atom. The Morgan fingerprint density at radius 3 is 2.67 bits per heavy atom. The van der Waals surface area contributed by atoms with E-state index in [2.05, 4.69) is 12.1 Å². The number of imide groups is 1. The molecule has 1 saturated heterocycles. The Morgan fingerprint density at radius 2 is 1.86 bits per heavy atom. The van der Waals surface area contributed by atoms with Crippen molar-refractivity contribution in [3.63, 3.8) is 0 Å². The molecule has 2 atom stereocenters. The molecule has 0 saturated carbocycles. The lowest BCUT2D eigenvalue weighted by molar-refractivity contribution is -0.126. The molecule has 0 aliphatic carbocycles. The molecule has 8 heteroatoms. The third kappa shape index (κ3) is 8.06. The lowest BCUT2D eigenvalue weighted by Gasteiger charge is -2.28. The SMILES string of the molecule is O=C(C[P+](O)(CCCCc1ccccc1)OCCCCC1CCSS1)N1CCc2ccccc2C1=O. The van der Waals surface area contributed by atoms with Crippen molar-refractivity contribution < 1.29 is 19.0 Å². The molecular weight excluding hydrogens is 509 g/mol. The van der Waals surface area contributed by atoms with E-state index in [0.29, 0.717) is 31.3 Å². The minimum Gasteiger partial charge on any atom is -0.275 e. The first kappa shape index (κ1) is 27.7. The molecule has 2 heterocycles. The van der Waals surface area contributed by atoms with Crippen molar-refractivity contribution in [3.05, 3.63) is 71.3 Å². The lowest BCUT2D eigenvalue weighted by atomic mass is 9.99. The van der Waals surface area contributed by atoms with E-state index in [-0.39, 0.29) is 18.0 Å². The van der Waals surface area contributed by atoms with Gasteiger partial charge in [0.15, 0.2) is 6.16 Å². The molecule has 2 amide bonds. The van der Waals surface area contributed by atoms with Crippen LogP contribution in [0.3, 0.4) is 0 Å². The van der Waals surface area contributed by atoms with E-state index in [1.54, 1.807) is 6.07 Å². The molecule has 194 valence electrons. The number of hydrogen-bond donors (Lipinski definition) is 1. The molecule has 2 aliphatic rings. The largest absolute Gasteiger partial charge is 0.280 e. The van der Waals surface area contributed by atoms with Gasteiger partial charge in [-0.05, 0) is 68.6 Å². The van der Waals surface area contributed by atoms with Gasteiger partial charge in [0, 0.05) is 23.1 Å². The van der Waals surface area contributed by atoms with Gasteiger partial charge in [0.05, 0.1) is 6.61 Å². The second-order valence-corrected chi connectivity index (χ2v) is 15.1. The second kappa shape index (κ2) is 14.0. The summed E-state index contributed by atoms with van der Waals surface area (Å²) in [5.41, 5.74) is 2.84. The number of aryl methyl sites for hydroxylation is 1. The fourth-order valence-electron chi connectivity index (χ4n) is 4.76. The van der Waals surface area contributed by atoms with Crippen molar-refractivity contribution >= 4 is 41.1 Å².